The summed E-state index contributed by atoms with van der Waals surface area (Å²) >= 11 is 3.16. The van der Waals surface area contributed by atoms with E-state index < -0.39 is 0 Å². The van der Waals surface area contributed by atoms with E-state index in [0.29, 0.717) is 10.5 Å². The first-order valence-corrected chi connectivity index (χ1v) is 5.26. The minimum absolute atomic E-state index is 0.209. The van der Waals surface area contributed by atoms with Gasteiger partial charge in [-0.3, -0.25) is 0 Å². The van der Waals surface area contributed by atoms with Gasteiger partial charge in [0.2, 0.25) is 0 Å². The molecule has 3 heteroatoms. The molecule has 0 aromatic heterocycles. The molecule has 13 heavy (non-hydrogen) atoms. The highest BCUT2D eigenvalue weighted by Crippen LogP contribution is 2.25. The van der Waals surface area contributed by atoms with Gasteiger partial charge in [-0.2, -0.15) is 0 Å². The van der Waals surface area contributed by atoms with Crippen molar-refractivity contribution >= 4 is 21.6 Å². The Morgan fingerprint density at radius 2 is 2.15 bits per heavy atom. The van der Waals surface area contributed by atoms with Crippen molar-refractivity contribution in [2.75, 3.05) is 5.32 Å². The fourth-order valence-electron chi connectivity index (χ4n) is 1.37. The molecule has 1 aliphatic carbocycles. The average molecular weight is 244 g/mol. The molecule has 1 N–H and O–H groups in total. The second kappa shape index (κ2) is 3.66. The second-order valence-corrected chi connectivity index (χ2v) is 4.26. The van der Waals surface area contributed by atoms with E-state index in [1.54, 1.807) is 12.1 Å². The molecular formula is C10H11BrFN. The number of benzene rings is 1. The summed E-state index contributed by atoms with van der Waals surface area (Å²) in [6.45, 7) is 0. The van der Waals surface area contributed by atoms with Gasteiger partial charge in [0.05, 0.1) is 4.47 Å². The summed E-state index contributed by atoms with van der Waals surface area (Å²) in [5, 5.41) is 3.35. The van der Waals surface area contributed by atoms with Gasteiger partial charge >= 0.3 is 0 Å². The van der Waals surface area contributed by atoms with Gasteiger partial charge in [-0.1, -0.05) is 0 Å². The van der Waals surface area contributed by atoms with Crippen LogP contribution < -0.4 is 5.32 Å². The van der Waals surface area contributed by atoms with Gasteiger partial charge in [0.15, 0.2) is 0 Å². The number of hydrogen-bond donors (Lipinski definition) is 1. The van der Waals surface area contributed by atoms with Gasteiger partial charge < -0.3 is 5.32 Å². The molecule has 70 valence electrons. The lowest BCUT2D eigenvalue weighted by atomic mass is 9.93. The molecule has 0 unspecified atom stereocenters. The Kier molecular flexibility index (Phi) is 2.54. The predicted molar refractivity (Wildman–Crippen MR) is 55.4 cm³/mol. The number of hydrogen-bond acceptors (Lipinski definition) is 1. The lowest BCUT2D eigenvalue weighted by Gasteiger charge is -2.27. The van der Waals surface area contributed by atoms with E-state index in [4.69, 9.17) is 0 Å². The fraction of sp³-hybridized carbons (Fsp3) is 0.400. The zero-order valence-electron chi connectivity index (χ0n) is 7.19. The molecule has 1 aliphatic rings. The Morgan fingerprint density at radius 1 is 1.38 bits per heavy atom. The molecule has 2 rings (SSSR count). The third-order valence-corrected chi connectivity index (χ3v) is 3.00. The maximum absolute atomic E-state index is 12.9. The lowest BCUT2D eigenvalue weighted by molar-refractivity contribution is 0.445. The van der Waals surface area contributed by atoms with Gasteiger partial charge in [-0.05, 0) is 53.4 Å². The Hall–Kier alpha value is -0.570. The van der Waals surface area contributed by atoms with Crippen molar-refractivity contribution in [3.63, 3.8) is 0 Å². The van der Waals surface area contributed by atoms with Crippen LogP contribution in [-0.2, 0) is 0 Å². The summed E-state index contributed by atoms with van der Waals surface area (Å²) in [4.78, 5) is 0. The molecule has 0 aliphatic heterocycles. The third kappa shape index (κ3) is 2.02. The van der Waals surface area contributed by atoms with E-state index in [2.05, 4.69) is 21.2 Å². The van der Waals surface area contributed by atoms with Crippen molar-refractivity contribution in [3.8, 4) is 0 Å². The zero-order chi connectivity index (χ0) is 9.26. The van der Waals surface area contributed by atoms with E-state index in [1.807, 2.05) is 0 Å². The largest absolute Gasteiger partial charge is 0.382 e. The van der Waals surface area contributed by atoms with Gasteiger partial charge in [0.1, 0.15) is 5.82 Å². The quantitative estimate of drug-likeness (QED) is 0.838. The van der Waals surface area contributed by atoms with Crippen molar-refractivity contribution in [3.05, 3.63) is 28.5 Å². The highest BCUT2D eigenvalue weighted by Gasteiger charge is 2.16. The number of halogens is 2. The summed E-state index contributed by atoms with van der Waals surface area (Å²) in [5.41, 5.74) is 0.998. The molecule has 1 nitrogen and oxygen atoms in total. The first kappa shape index (κ1) is 9.00. The normalized spacial score (nSPS) is 16.8. The number of nitrogens with one attached hydrogen (secondary N) is 1. The van der Waals surface area contributed by atoms with E-state index in [0.717, 1.165) is 5.69 Å². The van der Waals surface area contributed by atoms with Crippen LogP contribution in [0.1, 0.15) is 19.3 Å². The molecule has 0 heterocycles. The average Bonchev–Trinajstić information content (AvgIpc) is 2.04. The fourth-order valence-corrected chi connectivity index (χ4v) is 1.75. The molecule has 0 atom stereocenters. The van der Waals surface area contributed by atoms with Crippen LogP contribution >= 0.6 is 15.9 Å². The predicted octanol–water partition coefficient (Wildman–Crippen LogP) is 3.55. The van der Waals surface area contributed by atoms with Crippen LogP contribution in [0, 0.1) is 5.82 Å². The highest BCUT2D eigenvalue weighted by atomic mass is 79.9. The Labute approximate surface area is 85.5 Å². The zero-order valence-corrected chi connectivity index (χ0v) is 8.77. The molecular weight excluding hydrogens is 233 g/mol. The maximum atomic E-state index is 12.9. The van der Waals surface area contributed by atoms with Gasteiger partial charge in [0.25, 0.3) is 0 Å². The maximum Gasteiger partial charge on any atom is 0.137 e. The number of rotatable bonds is 2. The summed E-state index contributed by atoms with van der Waals surface area (Å²) in [6, 6.07) is 5.63. The molecule has 1 saturated carbocycles. The van der Waals surface area contributed by atoms with Crippen molar-refractivity contribution in [2.45, 2.75) is 25.3 Å². The molecule has 0 amide bonds. The Bertz CT molecular complexity index is 310. The summed E-state index contributed by atoms with van der Waals surface area (Å²) in [6.07, 6.45) is 3.77. The third-order valence-electron chi connectivity index (χ3n) is 2.40. The van der Waals surface area contributed by atoms with E-state index in [1.165, 1.54) is 25.3 Å². The first-order chi connectivity index (χ1) is 6.25. The van der Waals surface area contributed by atoms with Gasteiger partial charge in [0, 0.05) is 11.7 Å². The van der Waals surface area contributed by atoms with Gasteiger partial charge in [-0.25, -0.2) is 4.39 Å². The van der Waals surface area contributed by atoms with Crippen LogP contribution in [0.5, 0.6) is 0 Å². The molecule has 1 aromatic rings. The summed E-state index contributed by atoms with van der Waals surface area (Å²) < 4.78 is 13.4. The van der Waals surface area contributed by atoms with Crippen LogP contribution in [0.15, 0.2) is 22.7 Å². The van der Waals surface area contributed by atoms with Crippen LogP contribution in [0.4, 0.5) is 10.1 Å². The molecule has 1 aromatic carbocycles. The molecule has 0 radical (unpaired) electrons. The standard InChI is InChI=1S/C10H11BrFN/c11-9-6-8(4-5-10(9)12)13-7-2-1-3-7/h4-7,13H,1-3H2. The van der Waals surface area contributed by atoms with E-state index in [9.17, 15) is 4.39 Å². The Morgan fingerprint density at radius 3 is 2.69 bits per heavy atom. The van der Waals surface area contributed by atoms with E-state index in [-0.39, 0.29) is 5.82 Å². The second-order valence-electron chi connectivity index (χ2n) is 3.40. The van der Waals surface area contributed by atoms with Crippen LogP contribution in [0.3, 0.4) is 0 Å². The smallest absolute Gasteiger partial charge is 0.137 e. The van der Waals surface area contributed by atoms with Crippen LogP contribution in [0.25, 0.3) is 0 Å². The molecule has 0 spiro atoms. The summed E-state index contributed by atoms with van der Waals surface area (Å²) in [5.74, 6) is -0.209. The van der Waals surface area contributed by atoms with Crippen molar-refractivity contribution in [1.29, 1.82) is 0 Å². The minimum atomic E-state index is -0.209. The number of anilines is 1. The first-order valence-electron chi connectivity index (χ1n) is 4.47. The van der Waals surface area contributed by atoms with Crippen molar-refractivity contribution in [2.24, 2.45) is 0 Å². The van der Waals surface area contributed by atoms with Crippen molar-refractivity contribution in [1.82, 2.24) is 0 Å². The monoisotopic (exact) mass is 243 g/mol. The topological polar surface area (TPSA) is 12.0 Å². The van der Waals surface area contributed by atoms with E-state index >= 15 is 0 Å². The molecule has 0 saturated heterocycles. The minimum Gasteiger partial charge on any atom is -0.382 e. The molecule has 0 bridgehead atoms. The van der Waals surface area contributed by atoms with Crippen LogP contribution in [0.2, 0.25) is 0 Å². The SMILES string of the molecule is Fc1ccc(NC2CCC2)cc1Br. The lowest BCUT2D eigenvalue weighted by Crippen LogP contribution is -2.26. The Balaban J connectivity index is 2.07. The molecule has 1 fully saturated rings. The highest BCUT2D eigenvalue weighted by molar-refractivity contribution is 9.10. The summed E-state index contributed by atoms with van der Waals surface area (Å²) in [7, 11) is 0. The van der Waals surface area contributed by atoms with Gasteiger partial charge in [-0.15, -0.1) is 0 Å². The van der Waals surface area contributed by atoms with Crippen molar-refractivity contribution < 1.29 is 4.39 Å². The van der Waals surface area contributed by atoms with Crippen LogP contribution in [-0.4, -0.2) is 6.04 Å².